The second-order valence-corrected chi connectivity index (χ2v) is 10.2. The molecule has 8 nitrogen and oxygen atoms in total. The van der Waals surface area contributed by atoms with Gasteiger partial charge in [-0.05, 0) is 50.1 Å². The molecule has 0 radical (unpaired) electrons. The zero-order chi connectivity index (χ0) is 25.1. The number of rotatable bonds is 5. The summed E-state index contributed by atoms with van der Waals surface area (Å²) in [6.45, 7) is 7.48. The smallest absolute Gasteiger partial charge is 0.335 e. The number of hydrogen-bond donors (Lipinski definition) is 2. The maximum Gasteiger partial charge on any atom is 0.335 e. The van der Waals surface area contributed by atoms with Crippen molar-refractivity contribution in [1.29, 1.82) is 5.26 Å². The number of fused-ring (bicyclic) bond motifs is 2. The van der Waals surface area contributed by atoms with Gasteiger partial charge in [-0.15, -0.1) is 0 Å². The van der Waals surface area contributed by atoms with Crippen LogP contribution in [0.2, 0.25) is 0 Å². The van der Waals surface area contributed by atoms with E-state index in [0.29, 0.717) is 16.7 Å². The number of nitrogens with zero attached hydrogens (tertiary/aromatic N) is 4. The number of aryl methyl sites for hydroxylation is 1. The van der Waals surface area contributed by atoms with Gasteiger partial charge in [0.25, 0.3) is 0 Å². The van der Waals surface area contributed by atoms with Gasteiger partial charge in [0.1, 0.15) is 5.82 Å². The zero-order valence-corrected chi connectivity index (χ0v) is 20.0. The van der Waals surface area contributed by atoms with E-state index in [9.17, 15) is 19.6 Å². The third-order valence-electron chi connectivity index (χ3n) is 7.04. The Morgan fingerprint density at radius 2 is 2.20 bits per heavy atom. The summed E-state index contributed by atoms with van der Waals surface area (Å²) in [7, 11) is 0. The van der Waals surface area contributed by atoms with Gasteiger partial charge in [0.15, 0.2) is 11.2 Å². The molecule has 0 aliphatic carbocycles. The first-order chi connectivity index (χ1) is 16.6. The molecular formula is C26H26FN5O3. The Morgan fingerprint density at radius 3 is 2.86 bits per heavy atom. The summed E-state index contributed by atoms with van der Waals surface area (Å²) in [5, 5.41) is 27.3. The molecule has 5 rings (SSSR count). The van der Waals surface area contributed by atoms with Crippen LogP contribution in [0.3, 0.4) is 0 Å². The van der Waals surface area contributed by atoms with Crippen molar-refractivity contribution in [3.63, 3.8) is 0 Å². The number of halogens is 1. The number of H-pyrrole nitrogens is 1. The van der Waals surface area contributed by atoms with Crippen molar-refractivity contribution in [1.82, 2.24) is 19.7 Å². The number of carboxylic acid groups (broad SMARTS) is 1. The van der Waals surface area contributed by atoms with Crippen molar-refractivity contribution in [2.45, 2.75) is 57.5 Å². The molecule has 1 fully saturated rings. The first-order valence-corrected chi connectivity index (χ1v) is 11.5. The summed E-state index contributed by atoms with van der Waals surface area (Å²) in [5.41, 5.74) is 3.07. The van der Waals surface area contributed by atoms with Gasteiger partial charge in [0.2, 0.25) is 0 Å². The van der Waals surface area contributed by atoms with Gasteiger partial charge >= 0.3 is 5.97 Å². The molecule has 0 spiro atoms. The molecule has 1 aromatic carbocycles. The summed E-state index contributed by atoms with van der Waals surface area (Å²) >= 11 is 0. The van der Waals surface area contributed by atoms with E-state index in [1.165, 1.54) is 6.07 Å². The summed E-state index contributed by atoms with van der Waals surface area (Å²) < 4.78 is 22.0. The Labute approximate surface area is 201 Å². The lowest BCUT2D eigenvalue weighted by Gasteiger charge is -2.28. The SMILES string of the molecule is Cc1cc(-n2c(C(C)(C)CC#N)c(C3CO[C@](C)(C(=O)O)C3)c3nc4[nH]ncc4cc32)ccc1F. The molecule has 0 bridgehead atoms. The van der Waals surface area contributed by atoms with Crippen LogP contribution in [0.1, 0.15) is 56.4 Å². The lowest BCUT2D eigenvalue weighted by Crippen LogP contribution is -2.34. The number of nitriles is 1. The minimum absolute atomic E-state index is 0.211. The third kappa shape index (κ3) is 3.56. The molecule has 2 N–H and O–H groups in total. The van der Waals surface area contributed by atoms with E-state index < -0.39 is 17.0 Å². The van der Waals surface area contributed by atoms with Crippen LogP contribution in [-0.2, 0) is 14.9 Å². The zero-order valence-electron chi connectivity index (χ0n) is 20.0. The molecule has 0 amide bonds. The number of carboxylic acids is 1. The number of hydrogen-bond acceptors (Lipinski definition) is 5. The van der Waals surface area contributed by atoms with E-state index in [1.54, 1.807) is 32.2 Å². The van der Waals surface area contributed by atoms with Crippen molar-refractivity contribution in [3.05, 3.63) is 53.1 Å². The summed E-state index contributed by atoms with van der Waals surface area (Å²) in [5.74, 6) is -1.58. The second-order valence-electron chi connectivity index (χ2n) is 10.2. The molecule has 1 aliphatic heterocycles. The van der Waals surface area contributed by atoms with Gasteiger partial charge in [-0.3, -0.25) is 5.10 Å². The molecule has 3 aromatic heterocycles. The molecule has 4 aromatic rings. The molecular weight excluding hydrogens is 449 g/mol. The van der Waals surface area contributed by atoms with E-state index in [1.807, 2.05) is 24.5 Å². The maximum absolute atomic E-state index is 14.2. The van der Waals surface area contributed by atoms with E-state index in [0.717, 1.165) is 27.8 Å². The molecule has 0 saturated carbocycles. The average Bonchev–Trinajstić information content (AvgIpc) is 3.50. The Bertz CT molecular complexity index is 1530. The van der Waals surface area contributed by atoms with Crippen LogP contribution in [0.15, 0.2) is 30.5 Å². The number of aliphatic carboxylic acids is 1. The number of aromatic nitrogens is 4. The summed E-state index contributed by atoms with van der Waals surface area (Å²) in [6.07, 6.45) is 2.18. The summed E-state index contributed by atoms with van der Waals surface area (Å²) in [6, 6.07) is 9.19. The molecule has 180 valence electrons. The lowest BCUT2D eigenvalue weighted by molar-refractivity contribution is -0.157. The second kappa shape index (κ2) is 7.89. The topological polar surface area (TPSA) is 117 Å². The lowest BCUT2D eigenvalue weighted by atomic mass is 9.79. The van der Waals surface area contributed by atoms with Crippen molar-refractivity contribution in [3.8, 4) is 11.8 Å². The fourth-order valence-corrected chi connectivity index (χ4v) is 5.17. The van der Waals surface area contributed by atoms with Gasteiger partial charge in [0, 0.05) is 40.1 Å². The number of benzene rings is 1. The van der Waals surface area contributed by atoms with Gasteiger partial charge in [-0.2, -0.15) is 10.4 Å². The molecule has 1 saturated heterocycles. The van der Waals surface area contributed by atoms with E-state index in [2.05, 4.69) is 16.3 Å². The number of carbonyl (C=O) groups is 1. The standard InChI is InChI=1S/C26H26FN5O3/c1-14-9-17(5-6-18(14)27)32-19-10-15-12-29-31-23(15)30-21(19)20(22(32)25(2,3)7-8-28)16-11-26(4,24(33)34)35-13-16/h5-6,9-10,12,16H,7,11,13H2,1-4H3,(H,33,34)(H,29,30,31)/t16?,26-/m0/s1. The Balaban J connectivity index is 1.89. The average molecular weight is 476 g/mol. The fraction of sp³-hybridized carbons (Fsp3) is 0.385. The van der Waals surface area contributed by atoms with Crippen molar-refractivity contribution < 1.29 is 19.0 Å². The van der Waals surface area contributed by atoms with Crippen LogP contribution >= 0.6 is 0 Å². The highest BCUT2D eigenvalue weighted by atomic mass is 19.1. The van der Waals surface area contributed by atoms with Crippen LogP contribution in [0.5, 0.6) is 0 Å². The highest BCUT2D eigenvalue weighted by Gasteiger charge is 2.46. The van der Waals surface area contributed by atoms with Gasteiger partial charge in [-0.25, -0.2) is 14.2 Å². The van der Waals surface area contributed by atoms with Crippen molar-refractivity contribution >= 4 is 28.0 Å². The van der Waals surface area contributed by atoms with Crippen LogP contribution < -0.4 is 0 Å². The first-order valence-electron chi connectivity index (χ1n) is 11.5. The van der Waals surface area contributed by atoms with Crippen LogP contribution in [0.4, 0.5) is 4.39 Å². The fourth-order valence-electron chi connectivity index (χ4n) is 5.17. The maximum atomic E-state index is 14.2. The molecule has 1 aliphatic rings. The summed E-state index contributed by atoms with van der Waals surface area (Å²) in [4.78, 5) is 16.8. The number of pyridine rings is 1. The number of nitrogens with one attached hydrogen (secondary N) is 1. The van der Waals surface area contributed by atoms with E-state index in [4.69, 9.17) is 9.72 Å². The first kappa shape index (κ1) is 23.0. The van der Waals surface area contributed by atoms with Gasteiger partial charge in [-0.1, -0.05) is 13.8 Å². The predicted molar refractivity (Wildman–Crippen MR) is 128 cm³/mol. The monoisotopic (exact) mass is 475 g/mol. The van der Waals surface area contributed by atoms with Crippen molar-refractivity contribution in [2.24, 2.45) is 0 Å². The predicted octanol–water partition coefficient (Wildman–Crippen LogP) is 4.89. The highest BCUT2D eigenvalue weighted by molar-refractivity contribution is 5.94. The Kier molecular flexibility index (Phi) is 5.18. The normalized spacial score (nSPS) is 20.5. The van der Waals surface area contributed by atoms with Gasteiger partial charge in [0.05, 0.1) is 29.9 Å². The highest BCUT2D eigenvalue weighted by Crippen LogP contribution is 2.47. The molecule has 1 unspecified atom stereocenters. The van der Waals surface area contributed by atoms with Gasteiger partial charge < -0.3 is 14.4 Å². The molecule has 2 atom stereocenters. The third-order valence-corrected chi connectivity index (χ3v) is 7.04. The quantitative estimate of drug-likeness (QED) is 0.425. The molecule has 4 heterocycles. The largest absolute Gasteiger partial charge is 0.479 e. The Morgan fingerprint density at radius 1 is 1.43 bits per heavy atom. The van der Waals surface area contributed by atoms with Crippen molar-refractivity contribution in [2.75, 3.05) is 6.61 Å². The number of aromatic amines is 1. The molecule has 9 heteroatoms. The van der Waals surface area contributed by atoms with E-state index in [-0.39, 0.29) is 31.2 Å². The number of ether oxygens (including phenoxy) is 1. The minimum Gasteiger partial charge on any atom is -0.479 e. The minimum atomic E-state index is -1.32. The van der Waals surface area contributed by atoms with Crippen LogP contribution in [0, 0.1) is 24.1 Å². The Hall–Kier alpha value is -3.77. The van der Waals surface area contributed by atoms with Crippen LogP contribution in [0.25, 0.3) is 27.8 Å². The van der Waals surface area contributed by atoms with Crippen LogP contribution in [-0.4, -0.2) is 43.0 Å². The molecule has 35 heavy (non-hydrogen) atoms. The van der Waals surface area contributed by atoms with E-state index >= 15 is 0 Å².